The fraction of sp³-hybridized carbons (Fsp3) is 1.00. The van der Waals surface area contributed by atoms with Crippen LogP contribution in [0.2, 0.25) is 0 Å². The molecule has 0 aromatic heterocycles. The molecule has 0 aliphatic heterocycles. The SMILES string of the molecule is CNCCC(C)(O)C1C2CC3CC(C2)CC1C3. The van der Waals surface area contributed by atoms with E-state index in [4.69, 9.17) is 0 Å². The quantitative estimate of drug-likeness (QED) is 0.787. The van der Waals surface area contributed by atoms with Crippen LogP contribution < -0.4 is 5.32 Å². The molecule has 4 fully saturated rings. The number of nitrogens with one attached hydrogen (secondary N) is 1. The largest absolute Gasteiger partial charge is 0.390 e. The lowest BCUT2D eigenvalue weighted by molar-refractivity contribution is -0.137. The van der Waals surface area contributed by atoms with Gasteiger partial charge in [0, 0.05) is 0 Å². The highest BCUT2D eigenvalue weighted by molar-refractivity contribution is 5.03. The molecule has 4 aliphatic carbocycles. The molecule has 2 heteroatoms. The highest BCUT2D eigenvalue weighted by Gasteiger charge is 2.53. The second kappa shape index (κ2) is 4.24. The Bertz CT molecular complexity index is 259. The summed E-state index contributed by atoms with van der Waals surface area (Å²) in [5, 5.41) is 14.0. The fourth-order valence-electron chi connectivity index (χ4n) is 5.49. The van der Waals surface area contributed by atoms with Crippen molar-refractivity contribution in [1.29, 1.82) is 0 Å². The van der Waals surface area contributed by atoms with E-state index in [0.29, 0.717) is 5.92 Å². The van der Waals surface area contributed by atoms with Crippen molar-refractivity contribution in [2.45, 2.75) is 51.0 Å². The van der Waals surface area contributed by atoms with Crippen LogP contribution in [-0.4, -0.2) is 24.3 Å². The average Bonchev–Trinajstić information content (AvgIpc) is 2.24. The number of rotatable bonds is 4. The van der Waals surface area contributed by atoms with Crippen molar-refractivity contribution in [2.24, 2.45) is 29.6 Å². The van der Waals surface area contributed by atoms with E-state index in [1.54, 1.807) is 0 Å². The fourth-order valence-corrected chi connectivity index (χ4v) is 5.49. The van der Waals surface area contributed by atoms with Crippen LogP contribution >= 0.6 is 0 Å². The van der Waals surface area contributed by atoms with E-state index in [0.717, 1.165) is 36.6 Å². The third kappa shape index (κ3) is 2.04. The standard InChI is InChI=1S/C15H27NO/c1-15(17,3-4-16-2)14-12-6-10-5-11(8-12)9-13(14)7-10/h10-14,16-17H,3-9H2,1-2H3. The van der Waals surface area contributed by atoms with Crippen molar-refractivity contribution < 1.29 is 5.11 Å². The molecule has 0 spiro atoms. The number of hydrogen-bond acceptors (Lipinski definition) is 2. The van der Waals surface area contributed by atoms with Gasteiger partial charge in [0.25, 0.3) is 0 Å². The van der Waals surface area contributed by atoms with E-state index in [2.05, 4.69) is 12.2 Å². The molecule has 4 aliphatic rings. The third-order valence-electron chi connectivity index (χ3n) is 5.83. The molecule has 0 aromatic rings. The van der Waals surface area contributed by atoms with Gasteiger partial charge in [-0.3, -0.25) is 0 Å². The smallest absolute Gasteiger partial charge is 0.0665 e. The van der Waals surface area contributed by atoms with E-state index < -0.39 is 5.60 Å². The van der Waals surface area contributed by atoms with Gasteiger partial charge < -0.3 is 10.4 Å². The molecular formula is C15H27NO. The first kappa shape index (κ1) is 12.0. The molecule has 4 bridgehead atoms. The van der Waals surface area contributed by atoms with Gasteiger partial charge in [0.05, 0.1) is 5.60 Å². The van der Waals surface area contributed by atoms with Gasteiger partial charge in [-0.1, -0.05) is 0 Å². The predicted molar refractivity (Wildman–Crippen MR) is 69.7 cm³/mol. The minimum atomic E-state index is -0.439. The summed E-state index contributed by atoms with van der Waals surface area (Å²) < 4.78 is 0. The maximum atomic E-state index is 10.8. The van der Waals surface area contributed by atoms with Crippen LogP contribution in [0, 0.1) is 29.6 Å². The summed E-state index contributed by atoms with van der Waals surface area (Å²) in [7, 11) is 1.98. The van der Waals surface area contributed by atoms with Crippen LogP contribution in [-0.2, 0) is 0 Å². The van der Waals surface area contributed by atoms with E-state index in [9.17, 15) is 5.11 Å². The summed E-state index contributed by atoms with van der Waals surface area (Å²) in [4.78, 5) is 0. The molecule has 4 rings (SSSR count). The number of hydrogen-bond donors (Lipinski definition) is 2. The lowest BCUT2D eigenvalue weighted by atomic mass is 9.48. The van der Waals surface area contributed by atoms with Gasteiger partial charge in [0.2, 0.25) is 0 Å². The maximum absolute atomic E-state index is 10.8. The predicted octanol–water partition coefficient (Wildman–Crippen LogP) is 2.42. The zero-order chi connectivity index (χ0) is 12.0. The number of aliphatic hydroxyl groups is 1. The van der Waals surface area contributed by atoms with Gasteiger partial charge in [-0.25, -0.2) is 0 Å². The van der Waals surface area contributed by atoms with Crippen molar-refractivity contribution in [3.63, 3.8) is 0 Å². The van der Waals surface area contributed by atoms with Crippen LogP contribution in [0.25, 0.3) is 0 Å². The molecule has 0 aromatic carbocycles. The Morgan fingerprint density at radius 2 is 1.59 bits per heavy atom. The molecule has 0 amide bonds. The normalized spacial score (nSPS) is 47.1. The van der Waals surface area contributed by atoms with Crippen molar-refractivity contribution in [1.82, 2.24) is 5.32 Å². The molecule has 2 nitrogen and oxygen atoms in total. The van der Waals surface area contributed by atoms with Crippen molar-refractivity contribution in [3.8, 4) is 0 Å². The Labute approximate surface area is 105 Å². The second-order valence-electron chi connectivity index (χ2n) is 7.17. The Morgan fingerprint density at radius 3 is 2.06 bits per heavy atom. The zero-order valence-electron chi connectivity index (χ0n) is 11.3. The topological polar surface area (TPSA) is 32.3 Å². The van der Waals surface area contributed by atoms with E-state index in [1.165, 1.54) is 32.1 Å². The van der Waals surface area contributed by atoms with Gasteiger partial charge >= 0.3 is 0 Å². The summed E-state index contributed by atoms with van der Waals surface area (Å²) in [6.45, 7) is 3.03. The first-order valence-corrected chi connectivity index (χ1v) is 7.47. The molecule has 0 saturated heterocycles. The van der Waals surface area contributed by atoms with Gasteiger partial charge in [-0.2, -0.15) is 0 Å². The highest BCUT2D eigenvalue weighted by Crippen LogP contribution is 2.59. The molecule has 4 saturated carbocycles. The van der Waals surface area contributed by atoms with Crippen molar-refractivity contribution in [3.05, 3.63) is 0 Å². The van der Waals surface area contributed by atoms with Crippen LogP contribution in [0.1, 0.15) is 45.4 Å². The van der Waals surface area contributed by atoms with Crippen LogP contribution in [0.15, 0.2) is 0 Å². The minimum Gasteiger partial charge on any atom is -0.390 e. The first-order valence-electron chi connectivity index (χ1n) is 7.47. The monoisotopic (exact) mass is 237 g/mol. The van der Waals surface area contributed by atoms with Crippen LogP contribution in [0.3, 0.4) is 0 Å². The summed E-state index contributed by atoms with van der Waals surface area (Å²) in [6, 6.07) is 0. The summed E-state index contributed by atoms with van der Waals surface area (Å²) in [6.07, 6.45) is 8.05. The molecule has 17 heavy (non-hydrogen) atoms. The van der Waals surface area contributed by atoms with Gasteiger partial charge in [0.15, 0.2) is 0 Å². The Morgan fingerprint density at radius 1 is 1.06 bits per heavy atom. The molecule has 98 valence electrons. The molecule has 1 unspecified atom stereocenters. The summed E-state index contributed by atoms with van der Waals surface area (Å²) >= 11 is 0. The van der Waals surface area contributed by atoms with Gasteiger partial charge in [0.1, 0.15) is 0 Å². The van der Waals surface area contributed by atoms with E-state index in [1.807, 2.05) is 7.05 Å². The van der Waals surface area contributed by atoms with Crippen molar-refractivity contribution in [2.75, 3.05) is 13.6 Å². The Hall–Kier alpha value is -0.0800. The molecule has 0 radical (unpaired) electrons. The van der Waals surface area contributed by atoms with Crippen LogP contribution in [0.4, 0.5) is 0 Å². The molecular weight excluding hydrogens is 210 g/mol. The van der Waals surface area contributed by atoms with Crippen molar-refractivity contribution >= 4 is 0 Å². The van der Waals surface area contributed by atoms with Gasteiger partial charge in [-0.15, -0.1) is 0 Å². The molecule has 2 N–H and O–H groups in total. The van der Waals surface area contributed by atoms with Crippen LogP contribution in [0.5, 0.6) is 0 Å². The first-order chi connectivity index (χ1) is 8.10. The third-order valence-corrected chi connectivity index (χ3v) is 5.83. The lowest BCUT2D eigenvalue weighted by Crippen LogP contribution is -2.54. The minimum absolute atomic E-state index is 0.439. The molecule has 1 atom stereocenters. The average molecular weight is 237 g/mol. The van der Waals surface area contributed by atoms with Gasteiger partial charge in [-0.05, 0) is 88.6 Å². The maximum Gasteiger partial charge on any atom is 0.0665 e. The summed E-state index contributed by atoms with van der Waals surface area (Å²) in [5.41, 5.74) is -0.439. The lowest BCUT2D eigenvalue weighted by Gasteiger charge is -2.58. The Kier molecular flexibility index (Phi) is 2.99. The highest BCUT2D eigenvalue weighted by atomic mass is 16.3. The zero-order valence-corrected chi connectivity index (χ0v) is 11.3. The Balaban J connectivity index is 1.74. The van der Waals surface area contributed by atoms with E-state index >= 15 is 0 Å². The second-order valence-corrected chi connectivity index (χ2v) is 7.17. The molecule has 0 heterocycles. The van der Waals surface area contributed by atoms with E-state index in [-0.39, 0.29) is 0 Å². The summed E-state index contributed by atoms with van der Waals surface area (Å²) in [5.74, 6) is 4.27.